The molecular formula is C29H44O3. The second-order valence-electron chi connectivity index (χ2n) is 10.4. The van der Waals surface area contributed by atoms with Crippen molar-refractivity contribution in [2.24, 2.45) is 17.8 Å². The molecule has 2 fully saturated rings. The summed E-state index contributed by atoms with van der Waals surface area (Å²) in [6.45, 7) is 5.12. The SMILES string of the molecule is CCCCCCCCOc1ccc(C(C(=O)C2CCC(C)CC2=O)C2CCCCC2)cc1. The van der Waals surface area contributed by atoms with E-state index in [1.165, 1.54) is 51.4 Å². The molecule has 0 N–H and O–H groups in total. The van der Waals surface area contributed by atoms with Crippen LogP contribution in [0.1, 0.15) is 115 Å². The van der Waals surface area contributed by atoms with Gasteiger partial charge in [-0.2, -0.15) is 0 Å². The molecule has 3 rings (SSSR count). The van der Waals surface area contributed by atoms with Crippen LogP contribution in [0.3, 0.4) is 0 Å². The largest absolute Gasteiger partial charge is 0.494 e. The van der Waals surface area contributed by atoms with E-state index in [1.807, 2.05) is 12.1 Å². The van der Waals surface area contributed by atoms with Gasteiger partial charge >= 0.3 is 0 Å². The zero-order valence-corrected chi connectivity index (χ0v) is 20.5. The average molecular weight is 441 g/mol. The predicted octanol–water partition coefficient (Wildman–Crippen LogP) is 7.66. The molecule has 1 aromatic rings. The lowest BCUT2D eigenvalue weighted by Crippen LogP contribution is -2.36. The van der Waals surface area contributed by atoms with Crippen LogP contribution in [-0.2, 0) is 9.59 Å². The summed E-state index contributed by atoms with van der Waals surface area (Å²) in [6, 6.07) is 8.23. The van der Waals surface area contributed by atoms with Crippen LogP contribution in [0, 0.1) is 17.8 Å². The number of Topliss-reactive ketones (excluding diaryl/α,β-unsaturated/α-hetero) is 2. The molecule has 3 atom stereocenters. The molecule has 1 aromatic carbocycles. The third-order valence-electron chi connectivity index (χ3n) is 7.66. The molecule has 32 heavy (non-hydrogen) atoms. The lowest BCUT2D eigenvalue weighted by Gasteiger charge is -2.33. The summed E-state index contributed by atoms with van der Waals surface area (Å²) in [4.78, 5) is 26.4. The van der Waals surface area contributed by atoms with Gasteiger partial charge in [-0.25, -0.2) is 0 Å². The van der Waals surface area contributed by atoms with E-state index in [0.717, 1.165) is 50.0 Å². The van der Waals surface area contributed by atoms with E-state index in [-0.39, 0.29) is 23.4 Å². The third-order valence-corrected chi connectivity index (χ3v) is 7.66. The van der Waals surface area contributed by atoms with E-state index in [2.05, 4.69) is 26.0 Å². The van der Waals surface area contributed by atoms with Crippen LogP contribution in [0.15, 0.2) is 24.3 Å². The van der Waals surface area contributed by atoms with Crippen LogP contribution in [0.5, 0.6) is 5.75 Å². The molecule has 3 nitrogen and oxygen atoms in total. The number of benzene rings is 1. The van der Waals surface area contributed by atoms with Crippen molar-refractivity contribution in [1.29, 1.82) is 0 Å². The number of ether oxygens (including phenoxy) is 1. The second kappa shape index (κ2) is 13.2. The van der Waals surface area contributed by atoms with Crippen molar-refractivity contribution < 1.29 is 14.3 Å². The molecule has 178 valence electrons. The average Bonchev–Trinajstić information content (AvgIpc) is 2.80. The molecule has 0 bridgehead atoms. The fourth-order valence-corrected chi connectivity index (χ4v) is 5.70. The monoisotopic (exact) mass is 440 g/mol. The third kappa shape index (κ3) is 7.18. The topological polar surface area (TPSA) is 43.4 Å². The van der Waals surface area contributed by atoms with Gasteiger partial charge in [0.15, 0.2) is 5.78 Å². The van der Waals surface area contributed by atoms with E-state index in [1.54, 1.807) is 0 Å². The minimum absolute atomic E-state index is 0.134. The highest BCUT2D eigenvalue weighted by molar-refractivity contribution is 6.05. The lowest BCUT2D eigenvalue weighted by atomic mass is 9.69. The maximum atomic E-state index is 13.7. The summed E-state index contributed by atoms with van der Waals surface area (Å²) >= 11 is 0. The van der Waals surface area contributed by atoms with Crippen molar-refractivity contribution in [2.45, 2.75) is 110 Å². The van der Waals surface area contributed by atoms with Gasteiger partial charge < -0.3 is 4.74 Å². The Balaban J connectivity index is 1.62. The van der Waals surface area contributed by atoms with Crippen molar-refractivity contribution >= 4 is 11.6 Å². The summed E-state index contributed by atoms with van der Waals surface area (Å²) in [5.41, 5.74) is 1.08. The maximum absolute atomic E-state index is 13.7. The number of ketones is 2. The highest BCUT2D eigenvalue weighted by atomic mass is 16.5. The molecule has 0 saturated heterocycles. The molecule has 0 amide bonds. The molecule has 0 spiro atoms. The van der Waals surface area contributed by atoms with Crippen LogP contribution in [0.2, 0.25) is 0 Å². The van der Waals surface area contributed by atoms with Crippen molar-refractivity contribution in [2.75, 3.05) is 6.61 Å². The number of hydrogen-bond acceptors (Lipinski definition) is 3. The van der Waals surface area contributed by atoms with Gasteiger partial charge in [-0.15, -0.1) is 0 Å². The Labute approximate surface area is 195 Å². The Morgan fingerprint density at radius 3 is 2.31 bits per heavy atom. The lowest BCUT2D eigenvalue weighted by molar-refractivity contribution is -0.137. The van der Waals surface area contributed by atoms with Gasteiger partial charge in [0.05, 0.1) is 12.5 Å². The fraction of sp³-hybridized carbons (Fsp3) is 0.724. The van der Waals surface area contributed by atoms with Gasteiger partial charge in [-0.3, -0.25) is 9.59 Å². The van der Waals surface area contributed by atoms with Crippen LogP contribution >= 0.6 is 0 Å². The van der Waals surface area contributed by atoms with Crippen LogP contribution in [0.4, 0.5) is 0 Å². The van der Waals surface area contributed by atoms with Gasteiger partial charge in [0.25, 0.3) is 0 Å². The normalized spacial score (nSPS) is 23.1. The zero-order valence-electron chi connectivity index (χ0n) is 20.5. The van der Waals surface area contributed by atoms with Crippen LogP contribution in [0.25, 0.3) is 0 Å². The maximum Gasteiger partial charge on any atom is 0.151 e. The second-order valence-corrected chi connectivity index (χ2v) is 10.4. The molecule has 2 aliphatic carbocycles. The van der Waals surface area contributed by atoms with Crippen molar-refractivity contribution in [3.05, 3.63) is 29.8 Å². The zero-order chi connectivity index (χ0) is 22.8. The van der Waals surface area contributed by atoms with Crippen molar-refractivity contribution in [3.8, 4) is 5.75 Å². The Bertz CT molecular complexity index is 702. The molecule has 0 heterocycles. The number of carbonyl (C=O) groups is 2. The Hall–Kier alpha value is -1.64. The Morgan fingerprint density at radius 1 is 0.938 bits per heavy atom. The number of carbonyl (C=O) groups excluding carboxylic acids is 2. The van der Waals surface area contributed by atoms with Crippen molar-refractivity contribution in [1.82, 2.24) is 0 Å². The number of rotatable bonds is 12. The Morgan fingerprint density at radius 2 is 1.62 bits per heavy atom. The van der Waals surface area contributed by atoms with E-state index in [0.29, 0.717) is 18.3 Å². The molecule has 0 radical (unpaired) electrons. The molecule has 3 unspecified atom stereocenters. The first kappa shape index (κ1) is 25.0. The molecule has 2 saturated carbocycles. The minimum Gasteiger partial charge on any atom is -0.494 e. The van der Waals surface area contributed by atoms with Crippen LogP contribution < -0.4 is 4.74 Å². The number of unbranched alkanes of at least 4 members (excludes halogenated alkanes) is 5. The quantitative estimate of drug-likeness (QED) is 0.247. The standard InChI is InChI=1S/C29H44O3/c1-3-4-5-6-7-11-20-32-25-17-15-24(16-18-25)28(23-12-9-8-10-13-23)29(31)26-19-14-22(2)21-27(26)30/h15-18,22-23,26,28H,3-14,19-21H2,1-2H3. The van der Waals surface area contributed by atoms with Crippen molar-refractivity contribution in [3.63, 3.8) is 0 Å². The minimum atomic E-state index is -0.387. The van der Waals surface area contributed by atoms with Gasteiger partial charge in [0.2, 0.25) is 0 Å². The molecule has 0 aromatic heterocycles. The first-order chi connectivity index (χ1) is 15.6. The summed E-state index contributed by atoms with van der Waals surface area (Å²) < 4.78 is 5.96. The van der Waals surface area contributed by atoms with Gasteiger partial charge in [-0.05, 0) is 61.6 Å². The first-order valence-corrected chi connectivity index (χ1v) is 13.4. The summed E-state index contributed by atoms with van der Waals surface area (Å²) in [5.74, 6) is 1.52. The van der Waals surface area contributed by atoms with E-state index < -0.39 is 0 Å². The molecular weight excluding hydrogens is 396 g/mol. The summed E-state index contributed by atoms with van der Waals surface area (Å²) in [6.07, 6.45) is 15.7. The van der Waals surface area contributed by atoms with Gasteiger partial charge in [-0.1, -0.05) is 77.3 Å². The molecule has 0 aliphatic heterocycles. The fourth-order valence-electron chi connectivity index (χ4n) is 5.70. The smallest absolute Gasteiger partial charge is 0.151 e. The van der Waals surface area contributed by atoms with E-state index in [9.17, 15) is 9.59 Å². The highest BCUT2D eigenvalue weighted by Crippen LogP contribution is 2.40. The van der Waals surface area contributed by atoms with Crippen LogP contribution in [-0.4, -0.2) is 18.2 Å². The van der Waals surface area contributed by atoms with Gasteiger partial charge in [0, 0.05) is 12.3 Å². The number of hydrogen-bond donors (Lipinski definition) is 0. The highest BCUT2D eigenvalue weighted by Gasteiger charge is 2.39. The molecule has 2 aliphatic rings. The molecule has 3 heteroatoms. The summed E-state index contributed by atoms with van der Waals surface area (Å²) in [5, 5.41) is 0. The predicted molar refractivity (Wildman–Crippen MR) is 131 cm³/mol. The summed E-state index contributed by atoms with van der Waals surface area (Å²) in [7, 11) is 0. The Kier molecular flexibility index (Phi) is 10.3. The van der Waals surface area contributed by atoms with Gasteiger partial charge in [0.1, 0.15) is 11.5 Å². The van der Waals surface area contributed by atoms with E-state index in [4.69, 9.17) is 4.74 Å². The van der Waals surface area contributed by atoms with E-state index >= 15 is 0 Å². The first-order valence-electron chi connectivity index (χ1n) is 13.4.